The summed E-state index contributed by atoms with van der Waals surface area (Å²) in [5.41, 5.74) is 3.29. The van der Waals surface area contributed by atoms with Crippen LogP contribution in [0.5, 0.6) is 0 Å². The van der Waals surface area contributed by atoms with E-state index in [9.17, 15) is 4.79 Å². The SMILES string of the molecule is Cc1nn(-c2ccccc2)c(N2CCN(C)CC2)c1CN(CC(C)C)C(=O)C1CCC1. The van der Waals surface area contributed by atoms with E-state index in [0.29, 0.717) is 18.4 Å². The summed E-state index contributed by atoms with van der Waals surface area (Å²) in [6.07, 6.45) is 3.27. The lowest BCUT2D eigenvalue weighted by atomic mass is 9.84. The Labute approximate surface area is 186 Å². The lowest BCUT2D eigenvalue weighted by molar-refractivity contribution is -0.139. The Bertz CT molecular complexity index is 879. The third-order valence-corrected chi connectivity index (χ3v) is 6.66. The van der Waals surface area contributed by atoms with Crippen LogP contribution in [0.3, 0.4) is 0 Å². The highest BCUT2D eigenvalue weighted by atomic mass is 16.2. The number of rotatable bonds is 7. The predicted molar refractivity (Wildman–Crippen MR) is 126 cm³/mol. The molecule has 2 aromatic rings. The van der Waals surface area contributed by atoms with Gasteiger partial charge in [-0.3, -0.25) is 4.79 Å². The molecule has 0 unspecified atom stereocenters. The molecule has 1 amide bonds. The van der Waals surface area contributed by atoms with Gasteiger partial charge in [0.2, 0.25) is 5.91 Å². The Balaban J connectivity index is 1.71. The first-order valence-electron chi connectivity index (χ1n) is 11.8. The molecule has 0 spiro atoms. The van der Waals surface area contributed by atoms with Crippen molar-refractivity contribution in [2.75, 3.05) is 44.7 Å². The number of carbonyl (C=O) groups is 1. The van der Waals surface area contributed by atoms with Crippen LogP contribution in [0.2, 0.25) is 0 Å². The molecule has 1 aromatic carbocycles. The molecule has 1 aliphatic carbocycles. The lowest BCUT2D eigenvalue weighted by Gasteiger charge is -2.36. The first-order valence-corrected chi connectivity index (χ1v) is 11.8. The number of hydrogen-bond acceptors (Lipinski definition) is 4. The zero-order valence-corrected chi connectivity index (χ0v) is 19.5. The van der Waals surface area contributed by atoms with E-state index in [1.165, 1.54) is 12.0 Å². The zero-order chi connectivity index (χ0) is 22.0. The van der Waals surface area contributed by atoms with Crippen LogP contribution in [0.4, 0.5) is 5.82 Å². The average Bonchev–Trinajstić information content (AvgIpc) is 3.03. The minimum absolute atomic E-state index is 0.218. The van der Waals surface area contributed by atoms with Gasteiger partial charge < -0.3 is 14.7 Å². The highest BCUT2D eigenvalue weighted by Gasteiger charge is 2.32. The highest BCUT2D eigenvalue weighted by Crippen LogP contribution is 2.33. The molecule has 1 saturated heterocycles. The number of amides is 1. The minimum atomic E-state index is 0.218. The van der Waals surface area contributed by atoms with Crippen molar-refractivity contribution in [2.45, 2.75) is 46.6 Å². The number of anilines is 1. The van der Waals surface area contributed by atoms with E-state index in [1.54, 1.807) is 0 Å². The summed E-state index contributed by atoms with van der Waals surface area (Å²) in [6.45, 7) is 12.0. The molecule has 31 heavy (non-hydrogen) atoms. The van der Waals surface area contributed by atoms with Crippen LogP contribution < -0.4 is 4.90 Å². The maximum absolute atomic E-state index is 13.3. The largest absolute Gasteiger partial charge is 0.354 e. The normalized spacial score (nSPS) is 17.8. The van der Waals surface area contributed by atoms with Crippen molar-refractivity contribution in [3.8, 4) is 5.69 Å². The van der Waals surface area contributed by atoms with Gasteiger partial charge in [-0.2, -0.15) is 5.10 Å². The molecule has 0 atom stereocenters. The van der Waals surface area contributed by atoms with Gasteiger partial charge in [-0.25, -0.2) is 4.68 Å². The minimum Gasteiger partial charge on any atom is -0.354 e. The molecule has 168 valence electrons. The van der Waals surface area contributed by atoms with E-state index in [0.717, 1.165) is 62.8 Å². The molecule has 1 saturated carbocycles. The third kappa shape index (κ3) is 4.79. The number of aromatic nitrogens is 2. The monoisotopic (exact) mass is 423 g/mol. The van der Waals surface area contributed by atoms with Crippen LogP contribution in [-0.2, 0) is 11.3 Å². The summed E-state index contributed by atoms with van der Waals surface area (Å²) < 4.78 is 2.09. The van der Waals surface area contributed by atoms with Crippen molar-refractivity contribution in [3.05, 3.63) is 41.6 Å². The lowest BCUT2D eigenvalue weighted by Crippen LogP contribution is -2.46. The number of hydrogen-bond donors (Lipinski definition) is 0. The van der Waals surface area contributed by atoms with Gasteiger partial charge in [0.25, 0.3) is 0 Å². The van der Waals surface area contributed by atoms with Crippen molar-refractivity contribution in [1.29, 1.82) is 0 Å². The number of nitrogens with zero attached hydrogens (tertiary/aromatic N) is 5. The molecule has 2 aliphatic rings. The molecular weight excluding hydrogens is 386 g/mol. The summed E-state index contributed by atoms with van der Waals surface area (Å²) in [6, 6.07) is 10.4. The van der Waals surface area contributed by atoms with Gasteiger partial charge in [0.1, 0.15) is 5.82 Å². The van der Waals surface area contributed by atoms with E-state index in [2.05, 4.69) is 71.5 Å². The molecule has 0 N–H and O–H groups in total. The molecular formula is C25H37N5O. The van der Waals surface area contributed by atoms with Crippen LogP contribution in [-0.4, -0.2) is 65.3 Å². The predicted octanol–water partition coefficient (Wildman–Crippen LogP) is 3.72. The second kappa shape index (κ2) is 9.43. The third-order valence-electron chi connectivity index (χ3n) is 6.66. The van der Waals surface area contributed by atoms with Crippen LogP contribution in [0.1, 0.15) is 44.4 Å². The quantitative estimate of drug-likeness (QED) is 0.681. The van der Waals surface area contributed by atoms with E-state index in [1.807, 2.05) is 6.07 Å². The van der Waals surface area contributed by atoms with Crippen molar-refractivity contribution < 1.29 is 4.79 Å². The molecule has 0 bridgehead atoms. The Morgan fingerprint density at radius 1 is 1.13 bits per heavy atom. The Morgan fingerprint density at radius 3 is 2.39 bits per heavy atom. The molecule has 1 aliphatic heterocycles. The second-order valence-electron chi connectivity index (χ2n) is 9.67. The van der Waals surface area contributed by atoms with Gasteiger partial charge in [0.15, 0.2) is 0 Å². The highest BCUT2D eigenvalue weighted by molar-refractivity contribution is 5.80. The smallest absolute Gasteiger partial charge is 0.225 e. The van der Waals surface area contributed by atoms with Crippen molar-refractivity contribution >= 4 is 11.7 Å². The van der Waals surface area contributed by atoms with Gasteiger partial charge in [-0.15, -0.1) is 0 Å². The Morgan fingerprint density at radius 2 is 1.81 bits per heavy atom. The molecule has 6 nitrogen and oxygen atoms in total. The Hall–Kier alpha value is -2.34. The molecule has 4 rings (SSSR count). The van der Waals surface area contributed by atoms with Gasteiger partial charge in [-0.05, 0) is 44.9 Å². The molecule has 2 heterocycles. The molecule has 1 aromatic heterocycles. The first kappa shape index (κ1) is 21.9. The number of carbonyl (C=O) groups excluding carboxylic acids is 1. The van der Waals surface area contributed by atoms with Gasteiger partial charge in [0.05, 0.1) is 17.9 Å². The Kier molecular flexibility index (Phi) is 6.65. The van der Waals surface area contributed by atoms with Crippen LogP contribution in [0.25, 0.3) is 5.69 Å². The second-order valence-corrected chi connectivity index (χ2v) is 9.67. The molecule has 2 fully saturated rings. The topological polar surface area (TPSA) is 44.6 Å². The summed E-state index contributed by atoms with van der Waals surface area (Å²) in [4.78, 5) is 20.2. The van der Waals surface area contributed by atoms with Crippen molar-refractivity contribution in [3.63, 3.8) is 0 Å². The van der Waals surface area contributed by atoms with E-state index < -0.39 is 0 Å². The number of para-hydroxylation sites is 1. The number of aryl methyl sites for hydroxylation is 1. The fourth-order valence-corrected chi connectivity index (χ4v) is 4.60. The van der Waals surface area contributed by atoms with Crippen LogP contribution in [0.15, 0.2) is 30.3 Å². The van der Waals surface area contributed by atoms with Gasteiger partial charge in [0, 0.05) is 44.2 Å². The van der Waals surface area contributed by atoms with Crippen LogP contribution in [0, 0.1) is 18.8 Å². The van der Waals surface area contributed by atoms with E-state index in [4.69, 9.17) is 5.10 Å². The fraction of sp³-hybridized carbons (Fsp3) is 0.600. The summed E-state index contributed by atoms with van der Waals surface area (Å²) in [5, 5.41) is 4.97. The van der Waals surface area contributed by atoms with Gasteiger partial charge in [-0.1, -0.05) is 38.5 Å². The van der Waals surface area contributed by atoms with Gasteiger partial charge >= 0.3 is 0 Å². The molecule has 0 radical (unpaired) electrons. The van der Waals surface area contributed by atoms with E-state index in [-0.39, 0.29) is 5.92 Å². The maximum Gasteiger partial charge on any atom is 0.225 e. The average molecular weight is 424 g/mol. The maximum atomic E-state index is 13.3. The fourth-order valence-electron chi connectivity index (χ4n) is 4.60. The standard InChI is InChI=1S/C25H37N5O/c1-19(2)17-29(25(31)21-9-8-10-21)18-23-20(3)26-30(22-11-6-5-7-12-22)24(23)28-15-13-27(4)14-16-28/h5-7,11-12,19,21H,8-10,13-18H2,1-4H3. The summed E-state index contributed by atoms with van der Waals surface area (Å²) in [7, 11) is 2.18. The van der Waals surface area contributed by atoms with Crippen molar-refractivity contribution in [2.24, 2.45) is 11.8 Å². The summed E-state index contributed by atoms with van der Waals surface area (Å²) in [5.74, 6) is 2.15. The van der Waals surface area contributed by atoms with Crippen LogP contribution >= 0.6 is 0 Å². The van der Waals surface area contributed by atoms with E-state index >= 15 is 0 Å². The number of piperazine rings is 1. The summed E-state index contributed by atoms with van der Waals surface area (Å²) >= 11 is 0. The molecule has 6 heteroatoms. The first-order chi connectivity index (χ1) is 14.9. The van der Waals surface area contributed by atoms with Crippen molar-refractivity contribution in [1.82, 2.24) is 19.6 Å². The number of likely N-dealkylation sites (N-methyl/N-ethyl adjacent to an activating group) is 1. The number of benzene rings is 1. The zero-order valence-electron chi connectivity index (χ0n) is 19.5.